The summed E-state index contributed by atoms with van der Waals surface area (Å²) in [5.41, 5.74) is 2.21. The second kappa shape index (κ2) is 21.0. The fourth-order valence-electron chi connectivity index (χ4n) is 3.83. The molecule has 0 fully saturated rings. The third-order valence-electron chi connectivity index (χ3n) is 5.97. The van der Waals surface area contributed by atoms with Gasteiger partial charge in [0.25, 0.3) is 5.91 Å². The molecular weight excluding hydrogens is 500 g/mol. The van der Waals surface area contributed by atoms with Crippen LogP contribution in [0.3, 0.4) is 0 Å². The first-order valence-electron chi connectivity index (χ1n) is 13.8. The molecule has 2 aromatic rings. The Morgan fingerprint density at radius 3 is 2.23 bits per heavy atom. The number of unbranched alkanes of at least 4 members (excludes halogenated alkanes) is 2. The minimum atomic E-state index is -0.122. The van der Waals surface area contributed by atoms with Crippen LogP contribution in [0.15, 0.2) is 42.5 Å². The Morgan fingerprint density at radius 2 is 1.51 bits per heavy atom. The van der Waals surface area contributed by atoms with E-state index in [0.29, 0.717) is 57.7 Å². The molecule has 0 spiro atoms. The van der Waals surface area contributed by atoms with Gasteiger partial charge in [-0.05, 0) is 81.0 Å². The van der Waals surface area contributed by atoms with Crippen molar-refractivity contribution < 1.29 is 33.6 Å². The second-order valence-corrected chi connectivity index (χ2v) is 9.15. The Hall–Kier alpha value is -2.85. The number of rotatable bonds is 23. The van der Waals surface area contributed by atoms with E-state index < -0.39 is 0 Å². The predicted molar refractivity (Wildman–Crippen MR) is 152 cm³/mol. The van der Waals surface area contributed by atoms with Gasteiger partial charge in [-0.1, -0.05) is 18.2 Å². The van der Waals surface area contributed by atoms with Crippen LogP contribution < -0.4 is 20.1 Å². The van der Waals surface area contributed by atoms with Crippen LogP contribution in [0.2, 0.25) is 0 Å². The minimum absolute atomic E-state index is 0.00176. The first kappa shape index (κ1) is 32.4. The van der Waals surface area contributed by atoms with Crippen molar-refractivity contribution in [3.8, 4) is 17.2 Å². The third kappa shape index (κ3) is 15.4. The molecular formula is C30H46N2O7. The summed E-state index contributed by atoms with van der Waals surface area (Å²) in [5, 5.41) is 15.9. The Balaban J connectivity index is 1.46. The van der Waals surface area contributed by atoms with E-state index in [1.807, 2.05) is 31.3 Å². The fourth-order valence-corrected chi connectivity index (χ4v) is 3.83. The summed E-state index contributed by atoms with van der Waals surface area (Å²) in [6, 6.07) is 13.3. The number of ether oxygens (including phenoxy) is 5. The van der Waals surface area contributed by atoms with Gasteiger partial charge in [0.2, 0.25) is 0 Å². The van der Waals surface area contributed by atoms with Crippen molar-refractivity contribution >= 4 is 5.91 Å². The lowest BCUT2D eigenvalue weighted by molar-refractivity contribution is -0.123. The van der Waals surface area contributed by atoms with Crippen molar-refractivity contribution in [3.63, 3.8) is 0 Å². The molecule has 0 aromatic heterocycles. The number of hydrogen-bond acceptors (Lipinski definition) is 8. The molecule has 0 unspecified atom stereocenters. The summed E-state index contributed by atoms with van der Waals surface area (Å²) in [4.78, 5) is 12.1. The van der Waals surface area contributed by atoms with Gasteiger partial charge in [-0.25, -0.2) is 0 Å². The number of methoxy groups -OCH3 is 1. The van der Waals surface area contributed by atoms with Crippen LogP contribution in [0.5, 0.6) is 17.2 Å². The Bertz CT molecular complexity index is 926. The molecule has 9 nitrogen and oxygen atoms in total. The zero-order valence-electron chi connectivity index (χ0n) is 23.5. The maximum Gasteiger partial charge on any atom is 0.257 e. The number of carbonyl (C=O) groups excluding carboxylic acids is 1. The van der Waals surface area contributed by atoms with E-state index in [0.717, 1.165) is 56.2 Å². The molecule has 0 radical (unpaired) electrons. The summed E-state index contributed by atoms with van der Waals surface area (Å²) >= 11 is 0. The van der Waals surface area contributed by atoms with E-state index >= 15 is 0 Å². The van der Waals surface area contributed by atoms with Gasteiger partial charge >= 0.3 is 0 Å². The highest BCUT2D eigenvalue weighted by molar-refractivity contribution is 5.77. The van der Waals surface area contributed by atoms with Crippen LogP contribution in [0.4, 0.5) is 0 Å². The summed E-state index contributed by atoms with van der Waals surface area (Å²) in [7, 11) is 3.44. The molecule has 9 heteroatoms. The normalized spacial score (nSPS) is 10.9. The monoisotopic (exact) mass is 546 g/mol. The van der Waals surface area contributed by atoms with Crippen molar-refractivity contribution in [1.82, 2.24) is 10.6 Å². The number of hydrogen-bond donors (Lipinski definition) is 3. The molecule has 0 saturated heterocycles. The van der Waals surface area contributed by atoms with Crippen molar-refractivity contribution in [2.75, 3.05) is 73.5 Å². The molecule has 0 heterocycles. The number of aromatic hydroxyl groups is 1. The van der Waals surface area contributed by atoms with Gasteiger partial charge in [0.05, 0.1) is 40.1 Å². The van der Waals surface area contributed by atoms with Gasteiger partial charge in [-0.2, -0.15) is 0 Å². The van der Waals surface area contributed by atoms with E-state index in [-0.39, 0.29) is 18.3 Å². The lowest BCUT2D eigenvalue weighted by atomic mass is 10.0. The van der Waals surface area contributed by atoms with E-state index in [1.165, 1.54) is 7.11 Å². The highest BCUT2D eigenvalue weighted by Gasteiger charge is 2.05. The second-order valence-electron chi connectivity index (χ2n) is 9.15. The maximum atomic E-state index is 12.1. The van der Waals surface area contributed by atoms with Crippen LogP contribution >= 0.6 is 0 Å². The summed E-state index contributed by atoms with van der Waals surface area (Å²) in [6.45, 7) is 5.19. The molecule has 0 aliphatic rings. The summed E-state index contributed by atoms with van der Waals surface area (Å²) in [5.74, 6) is 1.20. The molecule has 218 valence electrons. The topological polar surface area (TPSA) is 108 Å². The van der Waals surface area contributed by atoms with Gasteiger partial charge in [-0.15, -0.1) is 0 Å². The van der Waals surface area contributed by atoms with Gasteiger partial charge < -0.3 is 39.4 Å². The van der Waals surface area contributed by atoms with Gasteiger partial charge in [0.1, 0.15) is 5.75 Å². The summed E-state index contributed by atoms with van der Waals surface area (Å²) < 4.78 is 27.2. The average Bonchev–Trinajstić information content (AvgIpc) is 2.94. The van der Waals surface area contributed by atoms with Gasteiger partial charge in [0.15, 0.2) is 18.1 Å². The number of likely N-dealkylation sites (N-methyl/N-ethyl adjacent to an activating group) is 1. The number of aryl methyl sites for hydroxylation is 2. The number of phenols is 1. The van der Waals surface area contributed by atoms with Crippen LogP contribution in [-0.4, -0.2) is 84.5 Å². The first-order valence-corrected chi connectivity index (χ1v) is 13.8. The quantitative estimate of drug-likeness (QED) is 0.182. The molecule has 0 aliphatic heterocycles. The van der Waals surface area contributed by atoms with Crippen LogP contribution in [0.1, 0.15) is 36.8 Å². The molecule has 0 aliphatic carbocycles. The molecule has 0 atom stereocenters. The number of carbonyl (C=O) groups is 1. The predicted octanol–water partition coefficient (Wildman–Crippen LogP) is 3.51. The number of phenolic OH excluding ortho intramolecular Hbond substituents is 1. The van der Waals surface area contributed by atoms with Crippen molar-refractivity contribution in [2.45, 2.75) is 38.5 Å². The SMILES string of the molecule is CNCCOCCOCCOCCCCCNC(=O)COc1cccc(CCCc2ccc(OC)c(O)c2)c1. The zero-order valence-corrected chi connectivity index (χ0v) is 23.5. The minimum Gasteiger partial charge on any atom is -0.504 e. The lowest BCUT2D eigenvalue weighted by Crippen LogP contribution is -2.29. The molecule has 0 saturated carbocycles. The average molecular weight is 547 g/mol. The third-order valence-corrected chi connectivity index (χ3v) is 5.97. The molecule has 2 rings (SSSR count). The van der Waals surface area contributed by atoms with Crippen molar-refractivity contribution in [2.24, 2.45) is 0 Å². The Morgan fingerprint density at radius 1 is 0.795 bits per heavy atom. The van der Waals surface area contributed by atoms with Gasteiger partial charge in [0, 0.05) is 19.7 Å². The van der Waals surface area contributed by atoms with Crippen LogP contribution in [0.25, 0.3) is 0 Å². The van der Waals surface area contributed by atoms with E-state index in [1.54, 1.807) is 12.1 Å². The number of amides is 1. The molecule has 2 aromatic carbocycles. The lowest BCUT2D eigenvalue weighted by Gasteiger charge is -2.10. The fraction of sp³-hybridized carbons (Fsp3) is 0.567. The highest BCUT2D eigenvalue weighted by atomic mass is 16.5. The largest absolute Gasteiger partial charge is 0.504 e. The summed E-state index contributed by atoms with van der Waals surface area (Å²) in [6.07, 6.45) is 5.49. The van der Waals surface area contributed by atoms with Crippen LogP contribution in [-0.2, 0) is 31.8 Å². The molecule has 3 N–H and O–H groups in total. The van der Waals surface area contributed by atoms with E-state index in [9.17, 15) is 9.90 Å². The maximum absolute atomic E-state index is 12.1. The van der Waals surface area contributed by atoms with Crippen LogP contribution in [0, 0.1) is 0 Å². The Kier molecular flexibility index (Phi) is 17.5. The van der Waals surface area contributed by atoms with Gasteiger partial charge in [-0.3, -0.25) is 4.79 Å². The van der Waals surface area contributed by atoms with Crippen molar-refractivity contribution in [1.29, 1.82) is 0 Å². The first-order chi connectivity index (χ1) is 19.1. The zero-order chi connectivity index (χ0) is 28.0. The van der Waals surface area contributed by atoms with E-state index in [2.05, 4.69) is 16.7 Å². The highest BCUT2D eigenvalue weighted by Crippen LogP contribution is 2.27. The molecule has 1 amide bonds. The standard InChI is InChI=1S/C30H46N2O7/c1-31-15-17-37-19-21-38-20-18-36-16-5-3-4-14-32-30(34)24-39-27-11-7-10-25(22-27)8-6-9-26-12-13-29(35-2)28(33)23-26/h7,10-13,22-23,31,33H,3-6,8-9,14-21,24H2,1-2H3,(H,32,34). The molecule has 39 heavy (non-hydrogen) atoms. The van der Waals surface area contributed by atoms with Crippen molar-refractivity contribution in [3.05, 3.63) is 53.6 Å². The smallest absolute Gasteiger partial charge is 0.257 e. The Labute approximate surface area is 233 Å². The molecule has 0 bridgehead atoms. The number of nitrogens with one attached hydrogen (secondary N) is 2. The van der Waals surface area contributed by atoms with E-state index in [4.69, 9.17) is 23.7 Å². The number of benzene rings is 2.